The second-order valence-corrected chi connectivity index (χ2v) is 17.8. The normalized spacial score (nSPS) is 38.5. The van der Waals surface area contributed by atoms with Crippen molar-refractivity contribution in [3.8, 4) is 0 Å². The molecule has 0 aromatic heterocycles. The zero-order chi connectivity index (χ0) is 30.2. The first-order valence-electron chi connectivity index (χ1n) is 16.9. The van der Waals surface area contributed by atoms with Gasteiger partial charge in [0.2, 0.25) is 0 Å². The lowest BCUT2D eigenvalue weighted by Crippen LogP contribution is -2.53. The third-order valence-corrected chi connectivity index (χ3v) is 14.9. The lowest BCUT2D eigenvalue weighted by atomic mass is 9.44. The van der Waals surface area contributed by atoms with E-state index in [2.05, 4.69) is 13.8 Å². The van der Waals surface area contributed by atoms with E-state index in [0.717, 1.165) is 37.0 Å². The lowest BCUT2D eigenvalue weighted by molar-refractivity contribution is -0.127. The molecule has 0 spiro atoms. The first-order chi connectivity index (χ1) is 19.3. The second kappa shape index (κ2) is 12.6. The molecule has 1 aromatic rings. The van der Waals surface area contributed by atoms with E-state index in [0.29, 0.717) is 40.4 Å². The highest BCUT2D eigenvalue weighted by Crippen LogP contribution is 2.68. The number of aliphatic hydroxyl groups excluding tert-OH is 2. The molecule has 1 aromatic carbocycles. The molecule has 4 fully saturated rings. The van der Waals surface area contributed by atoms with Crippen LogP contribution in [0.15, 0.2) is 35.2 Å². The topological polar surface area (TPSA) is 74.6 Å². The van der Waals surface area contributed by atoms with Crippen LogP contribution in [0.25, 0.3) is 0 Å². The third-order valence-electron chi connectivity index (χ3n) is 12.7. The zero-order valence-corrected chi connectivity index (χ0v) is 27.9. The van der Waals surface area contributed by atoms with E-state index < -0.39 is 21.2 Å². The predicted molar refractivity (Wildman–Crippen MR) is 169 cm³/mol. The first kappa shape index (κ1) is 33.0. The Kier molecular flexibility index (Phi) is 10.1. The van der Waals surface area contributed by atoms with Crippen molar-refractivity contribution >= 4 is 9.84 Å². The quantitative estimate of drug-likeness (QED) is 0.335. The maximum absolute atomic E-state index is 13.8. The number of hydrogen-bond donors (Lipinski definition) is 2. The van der Waals surface area contributed by atoms with Crippen LogP contribution in [0.4, 0.5) is 0 Å². The van der Waals surface area contributed by atoms with E-state index in [1.54, 1.807) is 24.3 Å². The minimum absolute atomic E-state index is 0.0961. The summed E-state index contributed by atoms with van der Waals surface area (Å²) in [6, 6.07) is 8.88. The van der Waals surface area contributed by atoms with Crippen LogP contribution in [0.2, 0.25) is 0 Å². The first-order valence-corrected chi connectivity index (χ1v) is 18.5. The van der Waals surface area contributed by atoms with Crippen LogP contribution in [0, 0.1) is 45.8 Å². The van der Waals surface area contributed by atoms with Crippen molar-refractivity contribution in [2.75, 3.05) is 0 Å². The van der Waals surface area contributed by atoms with Crippen molar-refractivity contribution in [2.45, 2.75) is 148 Å². The minimum atomic E-state index is -3.52. The van der Waals surface area contributed by atoms with E-state index in [4.69, 9.17) is 0 Å². The van der Waals surface area contributed by atoms with Gasteiger partial charge in [-0.25, -0.2) is 8.42 Å². The van der Waals surface area contributed by atoms with Crippen LogP contribution in [-0.4, -0.2) is 36.1 Å². The van der Waals surface area contributed by atoms with Gasteiger partial charge in [0, 0.05) is 0 Å². The van der Waals surface area contributed by atoms with Crippen LogP contribution in [0.5, 0.6) is 0 Å². The van der Waals surface area contributed by atoms with E-state index in [9.17, 15) is 18.6 Å². The molecule has 2 N–H and O–H groups in total. The molecule has 9 unspecified atom stereocenters. The molecule has 0 saturated heterocycles. The van der Waals surface area contributed by atoms with Gasteiger partial charge in [-0.2, -0.15) is 0 Å². The summed E-state index contributed by atoms with van der Waals surface area (Å²) >= 11 is 0. The summed E-state index contributed by atoms with van der Waals surface area (Å²) in [7, 11) is -3.52. The monoisotopic (exact) mass is 588 g/mol. The number of aliphatic hydroxyl groups is 2. The summed E-state index contributed by atoms with van der Waals surface area (Å²) < 4.78 is 27.6. The van der Waals surface area contributed by atoms with Gasteiger partial charge in [-0.3, -0.25) is 0 Å². The summed E-state index contributed by atoms with van der Waals surface area (Å²) in [4.78, 5) is 0.384. The summed E-state index contributed by atoms with van der Waals surface area (Å²) in [6.45, 7) is 15.1. The van der Waals surface area contributed by atoms with Crippen molar-refractivity contribution in [1.82, 2.24) is 0 Å². The zero-order valence-electron chi connectivity index (χ0n) is 27.1. The van der Waals surface area contributed by atoms with E-state index in [1.807, 2.05) is 40.7 Å². The summed E-state index contributed by atoms with van der Waals surface area (Å²) in [5.74, 6) is 3.56. The van der Waals surface area contributed by atoms with Gasteiger partial charge < -0.3 is 10.2 Å². The van der Waals surface area contributed by atoms with Crippen LogP contribution in [0.1, 0.15) is 126 Å². The maximum atomic E-state index is 13.8. The highest BCUT2D eigenvalue weighted by Gasteiger charge is 2.60. The molecule has 4 saturated carbocycles. The summed E-state index contributed by atoms with van der Waals surface area (Å²) in [5, 5.41) is 20.8. The number of benzene rings is 1. The van der Waals surface area contributed by atoms with E-state index in [-0.39, 0.29) is 11.5 Å². The van der Waals surface area contributed by atoms with Crippen LogP contribution >= 0.6 is 0 Å². The van der Waals surface area contributed by atoms with Gasteiger partial charge in [0.25, 0.3) is 0 Å². The fourth-order valence-corrected chi connectivity index (χ4v) is 11.8. The van der Waals surface area contributed by atoms with Crippen LogP contribution in [-0.2, 0) is 9.84 Å². The average Bonchev–Trinajstić information content (AvgIpc) is 3.28. The Morgan fingerprint density at radius 2 is 1.54 bits per heavy atom. The van der Waals surface area contributed by atoms with Gasteiger partial charge in [0.05, 0.1) is 22.4 Å². The summed E-state index contributed by atoms with van der Waals surface area (Å²) in [5.41, 5.74) is 0.332. The smallest absolute Gasteiger partial charge is 0.181 e. The molecule has 4 aliphatic carbocycles. The predicted octanol–water partition coefficient (Wildman–Crippen LogP) is 8.45. The highest BCUT2D eigenvalue weighted by molar-refractivity contribution is 7.92. The average molecular weight is 589 g/mol. The Labute approximate surface area is 252 Å². The van der Waals surface area contributed by atoms with Crippen molar-refractivity contribution in [3.63, 3.8) is 0 Å². The molecule has 5 heteroatoms. The molecular formula is C36H60O4S. The van der Waals surface area contributed by atoms with Gasteiger partial charge in [0.15, 0.2) is 9.84 Å². The van der Waals surface area contributed by atoms with Crippen LogP contribution in [0.3, 0.4) is 0 Å². The molecule has 4 nitrogen and oxygen atoms in total. The molecule has 234 valence electrons. The molecule has 10 atom stereocenters. The Hall–Kier alpha value is -0.910. The number of sulfone groups is 1. The number of hydrogen-bond acceptors (Lipinski definition) is 4. The van der Waals surface area contributed by atoms with Gasteiger partial charge in [-0.15, -0.1) is 0 Å². The largest absolute Gasteiger partial charge is 0.393 e. The Bertz CT molecular complexity index is 1090. The minimum Gasteiger partial charge on any atom is -0.393 e. The third kappa shape index (κ3) is 6.34. The lowest BCUT2D eigenvalue weighted by Gasteiger charge is -2.61. The van der Waals surface area contributed by atoms with Gasteiger partial charge >= 0.3 is 0 Å². The highest BCUT2D eigenvalue weighted by atomic mass is 32.2. The summed E-state index contributed by atoms with van der Waals surface area (Å²) in [6.07, 6.45) is 11.9. The Balaban J connectivity index is 0.00000189. The standard InChI is InChI=1S/C34H54O4S.C2H6/c1-32(2,3)31(36)22-27(39(37,38)26-9-7-6-8-10-26)14-11-23-13-16-29-28-15-12-24-21-25(35)17-19-34(24,5)30(28)18-20-33(23,29)4;1-2/h6-10,23-25,27-31,35-36H,11-22H2,1-5H3;1-2H3/t23-,24?,25?,27?,28?,29?,30?,31?,33?,34?;/m0./s1. The van der Waals surface area contributed by atoms with E-state index in [1.165, 1.54) is 44.9 Å². The van der Waals surface area contributed by atoms with Crippen molar-refractivity contribution in [2.24, 2.45) is 45.8 Å². The molecule has 5 rings (SSSR count). The molecule has 0 aliphatic heterocycles. The van der Waals surface area contributed by atoms with Crippen molar-refractivity contribution in [1.29, 1.82) is 0 Å². The molecule has 0 heterocycles. The molecule has 0 radical (unpaired) electrons. The van der Waals surface area contributed by atoms with Gasteiger partial charge in [-0.1, -0.05) is 66.7 Å². The van der Waals surface area contributed by atoms with Gasteiger partial charge in [-0.05, 0) is 135 Å². The molecule has 0 amide bonds. The maximum Gasteiger partial charge on any atom is 0.181 e. The van der Waals surface area contributed by atoms with Gasteiger partial charge in [0.1, 0.15) is 0 Å². The Morgan fingerprint density at radius 1 is 0.902 bits per heavy atom. The van der Waals surface area contributed by atoms with Crippen molar-refractivity contribution in [3.05, 3.63) is 30.3 Å². The molecule has 41 heavy (non-hydrogen) atoms. The van der Waals surface area contributed by atoms with Crippen LogP contribution < -0.4 is 0 Å². The Morgan fingerprint density at radius 3 is 2.20 bits per heavy atom. The number of rotatable bonds is 7. The fourth-order valence-electron chi connectivity index (χ4n) is 10.0. The second-order valence-electron chi connectivity index (χ2n) is 15.6. The van der Waals surface area contributed by atoms with E-state index >= 15 is 0 Å². The SMILES string of the molecule is CC.CC(C)(C)C(O)CC(CC[C@H]1CCC2C3CCC4CC(O)CCC4(C)C3CCC21C)S(=O)(=O)c1ccccc1. The fraction of sp³-hybridized carbons (Fsp3) is 0.833. The number of fused-ring (bicyclic) bond motifs is 5. The molecular weight excluding hydrogens is 528 g/mol. The van der Waals surface area contributed by atoms with Crippen molar-refractivity contribution < 1.29 is 18.6 Å². The molecule has 4 aliphatic rings. The molecule has 0 bridgehead atoms.